The highest BCUT2D eigenvalue weighted by atomic mass is 32.2. The fourth-order valence-electron chi connectivity index (χ4n) is 2.70. The molecule has 0 radical (unpaired) electrons. The van der Waals surface area contributed by atoms with Gasteiger partial charge in [0.15, 0.2) is 5.17 Å². The van der Waals surface area contributed by atoms with E-state index in [-0.39, 0.29) is 17.7 Å². The van der Waals surface area contributed by atoms with Crippen LogP contribution in [0.1, 0.15) is 26.7 Å². The summed E-state index contributed by atoms with van der Waals surface area (Å²) in [5, 5.41) is 4.18. The molecule has 142 valence electrons. The molecular formula is C19H21N3O3S2. The summed E-state index contributed by atoms with van der Waals surface area (Å²) in [6.07, 6.45) is 1.07. The zero-order valence-electron chi connectivity index (χ0n) is 15.4. The third-order valence-corrected chi connectivity index (χ3v) is 6.40. The molecule has 0 aromatic heterocycles. The third kappa shape index (κ3) is 4.81. The van der Waals surface area contributed by atoms with Gasteiger partial charge in [0, 0.05) is 17.9 Å². The minimum absolute atomic E-state index is 0.0457. The van der Waals surface area contributed by atoms with E-state index >= 15 is 0 Å². The van der Waals surface area contributed by atoms with Crippen molar-refractivity contribution in [2.45, 2.75) is 26.7 Å². The Bertz CT molecular complexity index is 844. The summed E-state index contributed by atoms with van der Waals surface area (Å²) in [6.45, 7) is 3.96. The van der Waals surface area contributed by atoms with Crippen molar-refractivity contribution in [1.82, 2.24) is 0 Å². The van der Waals surface area contributed by atoms with Crippen LogP contribution in [0.4, 0.5) is 5.69 Å². The molecule has 0 spiro atoms. The molecular weight excluding hydrogens is 382 g/mol. The molecule has 2 aliphatic heterocycles. The van der Waals surface area contributed by atoms with Gasteiger partial charge in [-0.1, -0.05) is 23.5 Å². The maximum absolute atomic E-state index is 12.2. The van der Waals surface area contributed by atoms with Crippen molar-refractivity contribution in [3.8, 4) is 5.75 Å². The molecule has 8 heteroatoms. The quantitative estimate of drug-likeness (QED) is 0.724. The molecule has 1 N–H and O–H groups in total. The average molecular weight is 404 g/mol. The first-order valence-electron chi connectivity index (χ1n) is 8.61. The first-order chi connectivity index (χ1) is 13.0. The average Bonchev–Trinajstić information content (AvgIpc) is 2.94. The predicted molar refractivity (Wildman–Crippen MR) is 113 cm³/mol. The Morgan fingerprint density at radius 2 is 2.00 bits per heavy atom. The SMILES string of the molecule is COc1ccc(NC(=O)CCCSC2=NC(=O)C3C(=N2)SC(C)=C3C)cc1. The highest BCUT2D eigenvalue weighted by Gasteiger charge is 2.36. The van der Waals surface area contributed by atoms with Gasteiger partial charge in [0.1, 0.15) is 11.7 Å². The van der Waals surface area contributed by atoms with Gasteiger partial charge in [-0.25, -0.2) is 4.99 Å². The van der Waals surface area contributed by atoms with Crippen molar-refractivity contribution in [3.63, 3.8) is 0 Å². The summed E-state index contributed by atoms with van der Waals surface area (Å²) < 4.78 is 5.09. The van der Waals surface area contributed by atoms with Gasteiger partial charge in [0.2, 0.25) is 5.91 Å². The molecule has 1 aromatic carbocycles. The molecule has 0 fully saturated rings. The van der Waals surface area contributed by atoms with Gasteiger partial charge in [-0.2, -0.15) is 4.99 Å². The number of aliphatic imine (C=N–C) groups is 2. The number of anilines is 1. The second kappa shape index (κ2) is 8.75. The number of nitrogens with one attached hydrogen (secondary N) is 1. The van der Waals surface area contributed by atoms with Crippen LogP contribution in [0, 0.1) is 5.92 Å². The lowest BCUT2D eigenvalue weighted by atomic mass is 10.0. The Balaban J connectivity index is 1.43. The van der Waals surface area contributed by atoms with E-state index in [0.717, 1.165) is 27.0 Å². The number of amides is 2. The fourth-order valence-corrected chi connectivity index (χ4v) is 4.67. The standard InChI is InChI=1S/C19H21N3O3S2/c1-11-12(2)27-18-16(11)17(24)21-19(22-18)26-10-4-5-15(23)20-13-6-8-14(25-3)9-7-13/h6-9,16H,4-5,10H2,1-3H3,(H,20,23). The van der Waals surface area contributed by atoms with Crippen molar-refractivity contribution >= 4 is 51.2 Å². The summed E-state index contributed by atoms with van der Waals surface area (Å²) in [5.41, 5.74) is 1.79. The van der Waals surface area contributed by atoms with Crippen LogP contribution in [0.5, 0.6) is 5.75 Å². The number of hydrogen-bond acceptors (Lipinski definition) is 6. The molecule has 0 bridgehead atoms. The number of nitrogens with zero attached hydrogens (tertiary/aromatic N) is 2. The van der Waals surface area contributed by atoms with Crippen LogP contribution in [-0.4, -0.2) is 34.9 Å². The number of amidine groups is 1. The molecule has 1 unspecified atom stereocenters. The number of hydrogen-bond donors (Lipinski definition) is 1. The van der Waals surface area contributed by atoms with Gasteiger partial charge in [-0.05, 0) is 55.0 Å². The molecule has 0 aliphatic carbocycles. The van der Waals surface area contributed by atoms with Crippen LogP contribution in [0.2, 0.25) is 0 Å². The van der Waals surface area contributed by atoms with Crippen LogP contribution in [0.3, 0.4) is 0 Å². The molecule has 0 saturated heterocycles. The number of carbonyl (C=O) groups excluding carboxylic acids is 2. The predicted octanol–water partition coefficient (Wildman–Crippen LogP) is 4.10. The molecule has 2 amide bonds. The van der Waals surface area contributed by atoms with Crippen LogP contribution >= 0.6 is 23.5 Å². The maximum Gasteiger partial charge on any atom is 0.262 e. The largest absolute Gasteiger partial charge is 0.497 e. The molecule has 27 heavy (non-hydrogen) atoms. The number of rotatable bonds is 6. The van der Waals surface area contributed by atoms with Gasteiger partial charge >= 0.3 is 0 Å². The minimum atomic E-state index is -0.283. The van der Waals surface area contributed by atoms with Crippen LogP contribution in [0.25, 0.3) is 0 Å². The Labute approximate surface area is 166 Å². The Hall–Kier alpha value is -2.06. The number of fused-ring (bicyclic) bond motifs is 1. The smallest absolute Gasteiger partial charge is 0.262 e. The van der Waals surface area contributed by atoms with E-state index in [2.05, 4.69) is 15.3 Å². The van der Waals surface area contributed by atoms with Gasteiger partial charge in [-0.15, -0.1) is 0 Å². The normalized spacial score (nSPS) is 18.8. The second-order valence-corrected chi connectivity index (χ2v) is 8.48. The molecule has 2 heterocycles. The summed E-state index contributed by atoms with van der Waals surface area (Å²) in [4.78, 5) is 34.0. The fraction of sp³-hybridized carbons (Fsp3) is 0.368. The van der Waals surface area contributed by atoms with E-state index in [0.29, 0.717) is 23.8 Å². The zero-order chi connectivity index (χ0) is 19.4. The van der Waals surface area contributed by atoms with Crippen molar-refractivity contribution < 1.29 is 14.3 Å². The first kappa shape index (κ1) is 19.7. The van der Waals surface area contributed by atoms with Crippen LogP contribution in [0.15, 0.2) is 44.7 Å². The number of thioether (sulfide) groups is 2. The number of benzene rings is 1. The molecule has 1 atom stereocenters. The molecule has 0 saturated carbocycles. The van der Waals surface area contributed by atoms with E-state index in [1.807, 2.05) is 13.8 Å². The minimum Gasteiger partial charge on any atom is -0.497 e. The zero-order valence-corrected chi connectivity index (χ0v) is 17.1. The van der Waals surface area contributed by atoms with Crippen molar-refractivity contribution in [2.75, 3.05) is 18.2 Å². The number of methoxy groups -OCH3 is 1. The molecule has 2 aliphatic rings. The van der Waals surface area contributed by atoms with Gasteiger partial charge in [0.05, 0.1) is 12.2 Å². The van der Waals surface area contributed by atoms with Crippen molar-refractivity contribution in [2.24, 2.45) is 15.9 Å². The monoisotopic (exact) mass is 403 g/mol. The van der Waals surface area contributed by atoms with Crippen LogP contribution < -0.4 is 10.1 Å². The molecule has 3 rings (SSSR count). The summed E-state index contributed by atoms with van der Waals surface area (Å²) in [7, 11) is 1.60. The maximum atomic E-state index is 12.2. The summed E-state index contributed by atoms with van der Waals surface area (Å²) in [6, 6.07) is 7.21. The second-order valence-electron chi connectivity index (χ2n) is 6.19. The van der Waals surface area contributed by atoms with E-state index in [1.165, 1.54) is 11.8 Å². The number of ether oxygens (including phenoxy) is 1. The van der Waals surface area contributed by atoms with E-state index in [9.17, 15) is 9.59 Å². The van der Waals surface area contributed by atoms with Gasteiger partial charge in [0.25, 0.3) is 5.91 Å². The molecule has 6 nitrogen and oxygen atoms in total. The topological polar surface area (TPSA) is 80.1 Å². The van der Waals surface area contributed by atoms with E-state index < -0.39 is 0 Å². The van der Waals surface area contributed by atoms with E-state index in [1.54, 1.807) is 43.1 Å². The Morgan fingerprint density at radius 1 is 1.26 bits per heavy atom. The Kier molecular flexibility index (Phi) is 6.38. The van der Waals surface area contributed by atoms with Crippen molar-refractivity contribution in [1.29, 1.82) is 0 Å². The van der Waals surface area contributed by atoms with Gasteiger partial charge in [-0.3, -0.25) is 9.59 Å². The number of allylic oxidation sites excluding steroid dienone is 1. The lowest BCUT2D eigenvalue weighted by Crippen LogP contribution is -2.24. The highest BCUT2D eigenvalue weighted by molar-refractivity contribution is 8.18. The number of carbonyl (C=O) groups is 2. The highest BCUT2D eigenvalue weighted by Crippen LogP contribution is 2.40. The third-order valence-electron chi connectivity index (χ3n) is 4.30. The summed E-state index contributed by atoms with van der Waals surface area (Å²) >= 11 is 2.97. The lowest BCUT2D eigenvalue weighted by Gasteiger charge is -2.14. The lowest BCUT2D eigenvalue weighted by molar-refractivity contribution is -0.119. The van der Waals surface area contributed by atoms with Crippen molar-refractivity contribution in [3.05, 3.63) is 34.7 Å². The van der Waals surface area contributed by atoms with Crippen LogP contribution in [-0.2, 0) is 9.59 Å². The summed E-state index contributed by atoms with van der Waals surface area (Å²) in [5.74, 6) is 0.962. The van der Waals surface area contributed by atoms with E-state index in [4.69, 9.17) is 4.74 Å². The van der Waals surface area contributed by atoms with Gasteiger partial charge < -0.3 is 10.1 Å². The first-order valence-corrected chi connectivity index (χ1v) is 10.4. The molecule has 1 aromatic rings. The Morgan fingerprint density at radius 3 is 2.70 bits per heavy atom.